The molecule has 1 heterocycles. The van der Waals surface area contributed by atoms with Crippen molar-refractivity contribution < 1.29 is 8.81 Å². The molecule has 5 heteroatoms. The SMILES string of the molecule is CC(C)(C)NCCc1nc2cc(F)cc(Cl)c2o1. The van der Waals surface area contributed by atoms with Crippen LogP contribution in [0.15, 0.2) is 16.5 Å². The molecule has 0 unspecified atom stereocenters. The van der Waals surface area contributed by atoms with Crippen LogP contribution in [0.5, 0.6) is 0 Å². The van der Waals surface area contributed by atoms with Crippen LogP contribution in [0, 0.1) is 5.82 Å². The van der Waals surface area contributed by atoms with Crippen LogP contribution in [-0.4, -0.2) is 17.1 Å². The Morgan fingerprint density at radius 2 is 2.11 bits per heavy atom. The molecule has 0 saturated heterocycles. The highest BCUT2D eigenvalue weighted by Gasteiger charge is 2.12. The van der Waals surface area contributed by atoms with E-state index in [4.69, 9.17) is 16.0 Å². The summed E-state index contributed by atoms with van der Waals surface area (Å²) in [5.74, 6) is 0.161. The van der Waals surface area contributed by atoms with Crippen molar-refractivity contribution in [2.24, 2.45) is 0 Å². The topological polar surface area (TPSA) is 38.1 Å². The molecule has 98 valence electrons. The van der Waals surface area contributed by atoms with Crippen LogP contribution in [0.4, 0.5) is 4.39 Å². The fraction of sp³-hybridized carbons (Fsp3) is 0.462. The van der Waals surface area contributed by atoms with Crippen molar-refractivity contribution in [1.82, 2.24) is 10.3 Å². The van der Waals surface area contributed by atoms with Gasteiger partial charge in [-0.1, -0.05) is 11.6 Å². The Balaban J connectivity index is 2.13. The average molecular weight is 271 g/mol. The molecule has 0 saturated carbocycles. The Hall–Kier alpha value is -1.13. The minimum absolute atomic E-state index is 0.0514. The minimum Gasteiger partial charge on any atom is -0.439 e. The molecule has 0 aliphatic heterocycles. The minimum atomic E-state index is -0.403. The number of nitrogens with zero attached hydrogens (tertiary/aromatic N) is 1. The summed E-state index contributed by atoms with van der Waals surface area (Å²) in [6.07, 6.45) is 0.643. The van der Waals surface area contributed by atoms with Crippen LogP contribution in [0.2, 0.25) is 5.02 Å². The normalized spacial score (nSPS) is 12.3. The van der Waals surface area contributed by atoms with Crippen LogP contribution >= 0.6 is 11.6 Å². The summed E-state index contributed by atoms with van der Waals surface area (Å²) in [4.78, 5) is 4.22. The smallest absolute Gasteiger partial charge is 0.196 e. The van der Waals surface area contributed by atoms with Gasteiger partial charge in [-0.25, -0.2) is 9.37 Å². The molecular weight excluding hydrogens is 255 g/mol. The van der Waals surface area contributed by atoms with Gasteiger partial charge in [0.25, 0.3) is 0 Å². The summed E-state index contributed by atoms with van der Waals surface area (Å²) in [7, 11) is 0. The standard InChI is InChI=1S/C13H16ClFN2O/c1-13(2,3)16-5-4-11-17-10-7-8(15)6-9(14)12(10)18-11/h6-7,16H,4-5H2,1-3H3. The lowest BCUT2D eigenvalue weighted by Gasteiger charge is -2.19. The predicted molar refractivity (Wildman–Crippen MR) is 70.4 cm³/mol. The van der Waals surface area contributed by atoms with Gasteiger partial charge in [-0.15, -0.1) is 0 Å². The van der Waals surface area contributed by atoms with Gasteiger partial charge in [-0.05, 0) is 26.8 Å². The van der Waals surface area contributed by atoms with E-state index in [9.17, 15) is 4.39 Å². The zero-order valence-corrected chi connectivity index (χ0v) is 11.4. The lowest BCUT2D eigenvalue weighted by atomic mass is 10.1. The second kappa shape index (κ2) is 4.86. The first-order valence-electron chi connectivity index (χ1n) is 5.85. The molecule has 3 nitrogen and oxygen atoms in total. The predicted octanol–water partition coefficient (Wildman–Crippen LogP) is 3.55. The van der Waals surface area contributed by atoms with Crippen molar-refractivity contribution >= 4 is 22.7 Å². The molecule has 0 bridgehead atoms. The van der Waals surface area contributed by atoms with Gasteiger partial charge in [-0.2, -0.15) is 0 Å². The summed E-state index contributed by atoms with van der Waals surface area (Å²) in [6.45, 7) is 7.01. The number of hydrogen-bond donors (Lipinski definition) is 1. The summed E-state index contributed by atoms with van der Waals surface area (Å²) < 4.78 is 18.7. The highest BCUT2D eigenvalue weighted by atomic mass is 35.5. The van der Waals surface area contributed by atoms with Gasteiger partial charge in [-0.3, -0.25) is 0 Å². The first kappa shape index (κ1) is 13.3. The number of rotatable bonds is 3. The third-order valence-corrected chi connectivity index (χ3v) is 2.73. The lowest BCUT2D eigenvalue weighted by Crippen LogP contribution is -2.37. The summed E-state index contributed by atoms with van der Waals surface area (Å²) in [5.41, 5.74) is 0.963. The maximum atomic E-state index is 13.1. The maximum absolute atomic E-state index is 13.1. The van der Waals surface area contributed by atoms with Gasteiger partial charge in [0.05, 0.1) is 5.02 Å². The quantitative estimate of drug-likeness (QED) is 0.927. The van der Waals surface area contributed by atoms with Crippen LogP contribution in [0.25, 0.3) is 11.1 Å². The molecular formula is C13H16ClFN2O. The van der Waals surface area contributed by atoms with Gasteiger partial charge in [0.1, 0.15) is 11.3 Å². The number of oxazole rings is 1. The average Bonchev–Trinajstić information content (AvgIpc) is 2.58. The number of nitrogens with one attached hydrogen (secondary N) is 1. The van der Waals surface area contributed by atoms with E-state index in [0.29, 0.717) is 23.4 Å². The van der Waals surface area contributed by atoms with Crippen LogP contribution in [0.1, 0.15) is 26.7 Å². The van der Waals surface area contributed by atoms with Crippen molar-refractivity contribution in [1.29, 1.82) is 0 Å². The zero-order chi connectivity index (χ0) is 13.3. The van der Waals surface area contributed by atoms with Gasteiger partial charge >= 0.3 is 0 Å². The molecule has 0 aliphatic carbocycles. The van der Waals surface area contributed by atoms with Gasteiger partial charge in [0.2, 0.25) is 0 Å². The summed E-state index contributed by atoms with van der Waals surface area (Å²) >= 11 is 5.89. The van der Waals surface area contributed by atoms with E-state index >= 15 is 0 Å². The third kappa shape index (κ3) is 3.21. The second-order valence-corrected chi connectivity index (χ2v) is 5.68. The molecule has 1 N–H and O–H groups in total. The molecule has 18 heavy (non-hydrogen) atoms. The number of benzene rings is 1. The highest BCUT2D eigenvalue weighted by molar-refractivity contribution is 6.34. The van der Waals surface area contributed by atoms with Crippen LogP contribution in [0.3, 0.4) is 0 Å². The van der Waals surface area contributed by atoms with Gasteiger partial charge in [0, 0.05) is 24.6 Å². The van der Waals surface area contributed by atoms with Crippen LogP contribution < -0.4 is 5.32 Å². The van der Waals surface area contributed by atoms with Crippen LogP contribution in [-0.2, 0) is 6.42 Å². The molecule has 0 atom stereocenters. The van der Waals surface area contributed by atoms with Crippen molar-refractivity contribution in [3.8, 4) is 0 Å². The number of halogens is 2. The van der Waals surface area contributed by atoms with E-state index < -0.39 is 5.82 Å². The number of hydrogen-bond acceptors (Lipinski definition) is 3. The Morgan fingerprint density at radius 1 is 1.39 bits per heavy atom. The number of aromatic nitrogens is 1. The Kier molecular flexibility index (Phi) is 3.59. The fourth-order valence-corrected chi connectivity index (χ4v) is 1.90. The second-order valence-electron chi connectivity index (χ2n) is 5.27. The molecule has 1 aromatic carbocycles. The lowest BCUT2D eigenvalue weighted by molar-refractivity contribution is 0.414. The largest absolute Gasteiger partial charge is 0.439 e. The van der Waals surface area contributed by atoms with Crippen molar-refractivity contribution in [3.63, 3.8) is 0 Å². The Bertz CT molecular complexity index is 560. The Labute approximate surface area is 110 Å². The highest BCUT2D eigenvalue weighted by Crippen LogP contribution is 2.25. The zero-order valence-electron chi connectivity index (χ0n) is 10.7. The fourth-order valence-electron chi connectivity index (χ4n) is 1.66. The summed E-state index contributed by atoms with van der Waals surface area (Å²) in [6, 6.07) is 2.55. The van der Waals surface area contributed by atoms with Crippen molar-refractivity contribution in [3.05, 3.63) is 28.9 Å². The monoisotopic (exact) mass is 270 g/mol. The molecule has 0 fully saturated rings. The maximum Gasteiger partial charge on any atom is 0.196 e. The van der Waals surface area contributed by atoms with E-state index in [2.05, 4.69) is 31.1 Å². The molecule has 2 rings (SSSR count). The molecule has 0 aliphatic rings. The van der Waals surface area contributed by atoms with E-state index in [1.807, 2.05) is 0 Å². The van der Waals surface area contributed by atoms with Crippen molar-refractivity contribution in [2.45, 2.75) is 32.7 Å². The first-order chi connectivity index (χ1) is 8.35. The van der Waals surface area contributed by atoms with E-state index in [-0.39, 0.29) is 10.6 Å². The van der Waals surface area contributed by atoms with Gasteiger partial charge in [0.15, 0.2) is 11.5 Å². The summed E-state index contributed by atoms with van der Waals surface area (Å²) in [5, 5.41) is 3.59. The molecule has 2 aromatic rings. The number of fused-ring (bicyclic) bond motifs is 1. The molecule has 0 radical (unpaired) electrons. The van der Waals surface area contributed by atoms with Crippen molar-refractivity contribution in [2.75, 3.05) is 6.54 Å². The van der Waals surface area contributed by atoms with E-state index in [0.717, 1.165) is 6.54 Å². The van der Waals surface area contributed by atoms with E-state index in [1.54, 1.807) is 0 Å². The third-order valence-electron chi connectivity index (χ3n) is 2.45. The van der Waals surface area contributed by atoms with Gasteiger partial charge < -0.3 is 9.73 Å². The first-order valence-corrected chi connectivity index (χ1v) is 6.22. The Morgan fingerprint density at radius 3 is 2.78 bits per heavy atom. The molecule has 0 spiro atoms. The van der Waals surface area contributed by atoms with E-state index in [1.165, 1.54) is 12.1 Å². The molecule has 0 amide bonds. The molecule has 1 aromatic heterocycles.